The quantitative estimate of drug-likeness (QED) is 0.761. The van der Waals surface area contributed by atoms with Crippen molar-refractivity contribution in [2.24, 2.45) is 5.73 Å². The fourth-order valence-electron chi connectivity index (χ4n) is 1.68. The molecule has 0 radical (unpaired) electrons. The first-order valence-corrected chi connectivity index (χ1v) is 5.79. The van der Waals surface area contributed by atoms with E-state index in [4.69, 9.17) is 15.2 Å². The number of benzene rings is 1. The molecule has 18 heavy (non-hydrogen) atoms. The molecule has 0 bridgehead atoms. The Morgan fingerprint density at radius 1 is 1.39 bits per heavy atom. The van der Waals surface area contributed by atoms with Crippen LogP contribution < -0.4 is 20.5 Å². The van der Waals surface area contributed by atoms with Crippen LogP contribution in [0.1, 0.15) is 18.9 Å². The van der Waals surface area contributed by atoms with Gasteiger partial charge < -0.3 is 20.5 Å². The monoisotopic (exact) mass is 252 g/mol. The van der Waals surface area contributed by atoms with Crippen molar-refractivity contribution in [1.29, 1.82) is 0 Å². The third-order valence-corrected chi connectivity index (χ3v) is 2.64. The van der Waals surface area contributed by atoms with Gasteiger partial charge in [0.2, 0.25) is 5.91 Å². The minimum atomic E-state index is -0.312. The summed E-state index contributed by atoms with van der Waals surface area (Å²) >= 11 is 0. The average Bonchev–Trinajstić information content (AvgIpc) is 2.35. The third-order valence-electron chi connectivity index (χ3n) is 2.64. The largest absolute Gasteiger partial charge is 0.497 e. The standard InChI is InChI=1S/C13H20N2O3/c1-9(6-13(14)16)15-8-10-7-11(17-2)4-5-12(10)18-3/h4-5,7,9,15H,6,8H2,1-3H3,(H2,14,16). The summed E-state index contributed by atoms with van der Waals surface area (Å²) in [5, 5.41) is 3.22. The Morgan fingerprint density at radius 2 is 2.11 bits per heavy atom. The molecule has 1 atom stereocenters. The smallest absolute Gasteiger partial charge is 0.218 e. The number of carbonyl (C=O) groups is 1. The van der Waals surface area contributed by atoms with Crippen LogP contribution >= 0.6 is 0 Å². The van der Waals surface area contributed by atoms with Gasteiger partial charge in [-0.05, 0) is 25.1 Å². The number of methoxy groups -OCH3 is 2. The first kappa shape index (κ1) is 14.3. The Hall–Kier alpha value is -1.75. The number of rotatable bonds is 7. The number of nitrogens with two attached hydrogens (primary N) is 1. The van der Waals surface area contributed by atoms with Crippen molar-refractivity contribution in [3.8, 4) is 11.5 Å². The molecule has 0 aromatic heterocycles. The van der Waals surface area contributed by atoms with E-state index in [1.54, 1.807) is 14.2 Å². The van der Waals surface area contributed by atoms with Crippen LogP contribution in [0.25, 0.3) is 0 Å². The maximum absolute atomic E-state index is 10.8. The molecule has 3 N–H and O–H groups in total. The summed E-state index contributed by atoms with van der Waals surface area (Å²) in [6, 6.07) is 5.63. The summed E-state index contributed by atoms with van der Waals surface area (Å²) in [5.41, 5.74) is 6.12. The summed E-state index contributed by atoms with van der Waals surface area (Å²) in [4.78, 5) is 10.8. The first-order valence-electron chi connectivity index (χ1n) is 5.79. The van der Waals surface area contributed by atoms with Crippen LogP contribution in [-0.4, -0.2) is 26.2 Å². The minimum absolute atomic E-state index is 0.0263. The zero-order valence-electron chi connectivity index (χ0n) is 11.0. The molecule has 1 aromatic rings. The number of hydrogen-bond acceptors (Lipinski definition) is 4. The van der Waals surface area contributed by atoms with Gasteiger partial charge in [0.25, 0.3) is 0 Å². The third kappa shape index (κ3) is 4.25. The van der Waals surface area contributed by atoms with Crippen molar-refractivity contribution >= 4 is 5.91 Å². The number of hydrogen-bond donors (Lipinski definition) is 2. The molecule has 1 aromatic carbocycles. The van der Waals surface area contributed by atoms with Crippen LogP contribution in [0.15, 0.2) is 18.2 Å². The van der Waals surface area contributed by atoms with E-state index >= 15 is 0 Å². The zero-order chi connectivity index (χ0) is 13.5. The molecule has 0 aliphatic rings. The van der Waals surface area contributed by atoms with Crippen LogP contribution in [-0.2, 0) is 11.3 Å². The topological polar surface area (TPSA) is 73.6 Å². The van der Waals surface area contributed by atoms with Gasteiger partial charge >= 0.3 is 0 Å². The summed E-state index contributed by atoms with van der Waals surface area (Å²) < 4.78 is 10.4. The second-order valence-corrected chi connectivity index (χ2v) is 4.13. The predicted octanol–water partition coefficient (Wildman–Crippen LogP) is 1.06. The van der Waals surface area contributed by atoms with Gasteiger partial charge in [0.15, 0.2) is 0 Å². The molecular formula is C13H20N2O3. The first-order chi connectivity index (χ1) is 8.56. The van der Waals surface area contributed by atoms with Gasteiger partial charge in [0.1, 0.15) is 11.5 Å². The Labute approximate surface area is 107 Å². The van der Waals surface area contributed by atoms with Crippen LogP contribution in [0.5, 0.6) is 11.5 Å². The molecule has 0 heterocycles. The maximum Gasteiger partial charge on any atom is 0.218 e. The zero-order valence-corrected chi connectivity index (χ0v) is 11.0. The molecule has 0 saturated carbocycles. The second kappa shape index (κ2) is 6.86. The number of nitrogens with one attached hydrogen (secondary N) is 1. The molecule has 0 saturated heterocycles. The van der Waals surface area contributed by atoms with Crippen molar-refractivity contribution in [1.82, 2.24) is 5.32 Å². The van der Waals surface area contributed by atoms with Crippen LogP contribution in [0.3, 0.4) is 0 Å². The van der Waals surface area contributed by atoms with E-state index in [9.17, 15) is 4.79 Å². The number of amides is 1. The van der Waals surface area contributed by atoms with E-state index in [-0.39, 0.29) is 11.9 Å². The SMILES string of the molecule is COc1ccc(OC)c(CNC(C)CC(N)=O)c1. The lowest BCUT2D eigenvalue weighted by Gasteiger charge is -2.15. The van der Waals surface area contributed by atoms with Gasteiger partial charge in [0.05, 0.1) is 14.2 Å². The van der Waals surface area contributed by atoms with Crippen molar-refractivity contribution in [2.75, 3.05) is 14.2 Å². The van der Waals surface area contributed by atoms with E-state index in [0.717, 1.165) is 17.1 Å². The number of primary amides is 1. The van der Waals surface area contributed by atoms with Crippen molar-refractivity contribution in [3.63, 3.8) is 0 Å². The van der Waals surface area contributed by atoms with Gasteiger partial charge in [-0.2, -0.15) is 0 Å². The van der Waals surface area contributed by atoms with Gasteiger partial charge in [-0.1, -0.05) is 0 Å². The molecule has 100 valence electrons. The summed E-state index contributed by atoms with van der Waals surface area (Å²) in [6.07, 6.45) is 0.312. The Morgan fingerprint density at radius 3 is 2.67 bits per heavy atom. The summed E-state index contributed by atoms with van der Waals surface area (Å²) in [5.74, 6) is 1.25. The molecule has 5 nitrogen and oxygen atoms in total. The predicted molar refractivity (Wildman–Crippen MR) is 69.7 cm³/mol. The summed E-state index contributed by atoms with van der Waals surface area (Å²) in [7, 11) is 3.24. The van der Waals surface area contributed by atoms with E-state index < -0.39 is 0 Å². The van der Waals surface area contributed by atoms with Crippen molar-refractivity contribution in [3.05, 3.63) is 23.8 Å². The van der Waals surface area contributed by atoms with E-state index in [0.29, 0.717) is 13.0 Å². The lowest BCUT2D eigenvalue weighted by Crippen LogP contribution is -2.30. The van der Waals surface area contributed by atoms with Gasteiger partial charge in [0, 0.05) is 24.6 Å². The highest BCUT2D eigenvalue weighted by atomic mass is 16.5. The fraction of sp³-hybridized carbons (Fsp3) is 0.462. The molecule has 0 spiro atoms. The molecule has 1 unspecified atom stereocenters. The highest BCUT2D eigenvalue weighted by molar-refractivity contribution is 5.74. The molecular weight excluding hydrogens is 232 g/mol. The van der Waals surface area contributed by atoms with E-state index in [1.807, 2.05) is 25.1 Å². The summed E-state index contributed by atoms with van der Waals surface area (Å²) in [6.45, 7) is 2.51. The molecule has 5 heteroatoms. The van der Waals surface area contributed by atoms with Gasteiger partial charge in [-0.3, -0.25) is 4.79 Å². The fourth-order valence-corrected chi connectivity index (χ4v) is 1.68. The van der Waals surface area contributed by atoms with E-state index in [1.165, 1.54) is 0 Å². The minimum Gasteiger partial charge on any atom is -0.497 e. The molecule has 0 aliphatic heterocycles. The highest BCUT2D eigenvalue weighted by Gasteiger charge is 2.08. The lowest BCUT2D eigenvalue weighted by molar-refractivity contribution is -0.118. The molecule has 0 aliphatic carbocycles. The van der Waals surface area contributed by atoms with Gasteiger partial charge in [-0.25, -0.2) is 0 Å². The Bertz CT molecular complexity index is 407. The molecule has 1 rings (SSSR count). The van der Waals surface area contributed by atoms with Crippen LogP contribution in [0.2, 0.25) is 0 Å². The lowest BCUT2D eigenvalue weighted by atomic mass is 10.1. The molecule has 1 amide bonds. The van der Waals surface area contributed by atoms with Crippen molar-refractivity contribution < 1.29 is 14.3 Å². The highest BCUT2D eigenvalue weighted by Crippen LogP contribution is 2.23. The van der Waals surface area contributed by atoms with E-state index in [2.05, 4.69) is 5.32 Å². The Kier molecular flexibility index (Phi) is 5.45. The van der Waals surface area contributed by atoms with Gasteiger partial charge in [-0.15, -0.1) is 0 Å². The number of carbonyl (C=O) groups excluding carboxylic acids is 1. The van der Waals surface area contributed by atoms with Crippen molar-refractivity contribution in [2.45, 2.75) is 25.9 Å². The average molecular weight is 252 g/mol. The van der Waals surface area contributed by atoms with Crippen LogP contribution in [0.4, 0.5) is 0 Å². The maximum atomic E-state index is 10.8. The number of ether oxygens (including phenoxy) is 2. The second-order valence-electron chi connectivity index (χ2n) is 4.13. The Balaban J connectivity index is 2.67. The molecule has 0 fully saturated rings. The normalized spacial score (nSPS) is 11.9. The van der Waals surface area contributed by atoms with Crippen LogP contribution in [0, 0.1) is 0 Å².